The summed E-state index contributed by atoms with van der Waals surface area (Å²) in [5, 5.41) is 10.3. The predicted octanol–water partition coefficient (Wildman–Crippen LogP) is 15.3. The molecule has 0 fully saturated rings. The van der Waals surface area contributed by atoms with Crippen LogP contribution in [-0.2, 0) is 0 Å². The Morgan fingerprint density at radius 3 is 0.869 bits per heavy atom. The van der Waals surface area contributed by atoms with E-state index in [9.17, 15) is 0 Å². The van der Waals surface area contributed by atoms with E-state index >= 15 is 0 Å². The molecule has 9 aromatic carbocycles. The smallest absolute Gasteiger partial charge is 0.0714 e. The van der Waals surface area contributed by atoms with E-state index in [1.807, 2.05) is 18.6 Å². The van der Waals surface area contributed by atoms with Crippen LogP contribution in [0.4, 0.5) is 17.1 Å². The fourth-order valence-corrected chi connectivity index (χ4v) is 9.47. The Labute approximate surface area is 352 Å². The molecule has 3 heterocycles. The zero-order chi connectivity index (χ0) is 40.3. The summed E-state index contributed by atoms with van der Waals surface area (Å²) in [7, 11) is 0. The van der Waals surface area contributed by atoms with Crippen LogP contribution in [0.3, 0.4) is 0 Å². The Morgan fingerprint density at radius 2 is 0.525 bits per heavy atom. The summed E-state index contributed by atoms with van der Waals surface area (Å²) in [5.74, 6) is 0. The van der Waals surface area contributed by atoms with Crippen molar-refractivity contribution < 1.29 is 0 Å². The number of hydrogen-bond acceptors (Lipinski definition) is 4. The molecule has 0 aliphatic carbocycles. The molecule has 0 saturated carbocycles. The van der Waals surface area contributed by atoms with Crippen molar-refractivity contribution in [3.8, 4) is 33.4 Å². The first-order chi connectivity index (χ1) is 30.3. The molecule has 61 heavy (non-hydrogen) atoms. The fourth-order valence-electron chi connectivity index (χ4n) is 9.47. The van der Waals surface area contributed by atoms with Crippen LogP contribution in [0.2, 0.25) is 0 Å². The van der Waals surface area contributed by atoms with E-state index < -0.39 is 0 Å². The number of hydrogen-bond donors (Lipinski definition) is 0. The van der Waals surface area contributed by atoms with Crippen LogP contribution >= 0.6 is 0 Å². The quantitative estimate of drug-likeness (QED) is 0.158. The number of anilines is 3. The van der Waals surface area contributed by atoms with Crippen molar-refractivity contribution in [2.24, 2.45) is 0 Å². The van der Waals surface area contributed by atoms with Crippen LogP contribution in [0.25, 0.3) is 98.4 Å². The molecule has 0 unspecified atom stereocenters. The van der Waals surface area contributed by atoms with Crippen LogP contribution in [0.15, 0.2) is 219 Å². The molecule has 4 heteroatoms. The van der Waals surface area contributed by atoms with Gasteiger partial charge in [0.1, 0.15) is 0 Å². The first-order valence-electron chi connectivity index (χ1n) is 20.7. The van der Waals surface area contributed by atoms with Crippen molar-refractivity contribution in [1.29, 1.82) is 0 Å². The van der Waals surface area contributed by atoms with Crippen LogP contribution in [0, 0.1) is 0 Å². The van der Waals surface area contributed by atoms with E-state index in [1.54, 1.807) is 0 Å². The molecule has 0 amide bonds. The van der Waals surface area contributed by atoms with Gasteiger partial charge in [-0.3, -0.25) is 15.0 Å². The number of fused-ring (bicyclic) bond motifs is 9. The van der Waals surface area contributed by atoms with Gasteiger partial charge in [0.05, 0.1) is 33.6 Å². The minimum Gasteiger partial charge on any atom is -0.309 e. The monoisotopic (exact) mass is 776 g/mol. The first-order valence-corrected chi connectivity index (χ1v) is 20.7. The Hall–Kier alpha value is -8.21. The third-order valence-electron chi connectivity index (χ3n) is 12.2. The fraction of sp³-hybridized carbons (Fsp3) is 0. The molecular formula is C57H36N4. The maximum atomic E-state index is 4.98. The van der Waals surface area contributed by atoms with E-state index in [2.05, 4.69) is 205 Å². The standard InChI is InChI=1S/C57H36N4/c1-4-19-40-37(16-1)34-58-49-28-13-25-46(55(40)49)43-22-7-10-31-52(43)61(53-32-11-8-23-44(53)47-26-14-29-50-56(47)41-20-5-2-17-38(41)35-59-50)54-33-12-9-24-45(54)48-27-15-30-51-57(48)42-21-6-3-18-39(42)36-60-51/h1-36H. The van der Waals surface area contributed by atoms with Gasteiger partial charge in [0.15, 0.2) is 0 Å². The molecule has 12 aromatic rings. The van der Waals surface area contributed by atoms with E-state index in [4.69, 9.17) is 15.0 Å². The topological polar surface area (TPSA) is 41.9 Å². The minimum atomic E-state index is 0.962. The Balaban J connectivity index is 1.20. The van der Waals surface area contributed by atoms with Gasteiger partial charge < -0.3 is 4.90 Å². The third kappa shape index (κ3) is 5.65. The summed E-state index contributed by atoms with van der Waals surface area (Å²) < 4.78 is 0. The number of aromatic nitrogens is 3. The number of para-hydroxylation sites is 3. The molecule has 0 saturated heterocycles. The van der Waals surface area contributed by atoms with Crippen molar-refractivity contribution >= 4 is 82.1 Å². The van der Waals surface area contributed by atoms with Crippen LogP contribution in [-0.4, -0.2) is 15.0 Å². The van der Waals surface area contributed by atoms with Crippen LogP contribution in [0.5, 0.6) is 0 Å². The Kier molecular flexibility index (Phi) is 8.13. The highest BCUT2D eigenvalue weighted by atomic mass is 15.1. The summed E-state index contributed by atoms with van der Waals surface area (Å²) >= 11 is 0. The maximum Gasteiger partial charge on any atom is 0.0714 e. The second-order valence-corrected chi connectivity index (χ2v) is 15.5. The van der Waals surface area contributed by atoms with E-state index in [0.29, 0.717) is 0 Å². The van der Waals surface area contributed by atoms with Gasteiger partial charge in [-0.05, 0) is 69.2 Å². The van der Waals surface area contributed by atoms with E-state index in [1.165, 1.54) is 16.2 Å². The van der Waals surface area contributed by atoms with Crippen molar-refractivity contribution in [2.75, 3.05) is 4.90 Å². The van der Waals surface area contributed by atoms with Crippen LogP contribution < -0.4 is 4.90 Å². The van der Waals surface area contributed by atoms with Gasteiger partial charge in [-0.1, -0.05) is 164 Å². The molecule has 3 aromatic heterocycles. The van der Waals surface area contributed by atoms with Gasteiger partial charge >= 0.3 is 0 Å². The van der Waals surface area contributed by atoms with Crippen molar-refractivity contribution in [3.05, 3.63) is 219 Å². The maximum absolute atomic E-state index is 4.98. The van der Waals surface area contributed by atoms with Gasteiger partial charge in [-0.25, -0.2) is 0 Å². The summed E-state index contributed by atoms with van der Waals surface area (Å²) in [6, 6.07) is 71.7. The Morgan fingerprint density at radius 1 is 0.246 bits per heavy atom. The molecule has 0 bridgehead atoms. The van der Waals surface area contributed by atoms with Gasteiger partial charge in [0, 0.05) is 67.6 Å². The van der Waals surface area contributed by atoms with Crippen LogP contribution in [0.1, 0.15) is 0 Å². The SMILES string of the molecule is c1ccc(N(c2ccccc2-c2cccc3ncc4ccccc4c23)c2ccccc2-c2cccc3ncc4ccccc4c23)c(-c2cccc3ncc4ccccc4c23)c1. The largest absolute Gasteiger partial charge is 0.309 e. The highest BCUT2D eigenvalue weighted by Gasteiger charge is 2.25. The molecule has 0 aliphatic rings. The summed E-state index contributed by atoms with van der Waals surface area (Å²) in [4.78, 5) is 17.4. The predicted molar refractivity (Wildman–Crippen MR) is 256 cm³/mol. The second-order valence-electron chi connectivity index (χ2n) is 15.5. The molecule has 0 radical (unpaired) electrons. The molecule has 0 spiro atoms. The minimum absolute atomic E-state index is 0.962. The average Bonchev–Trinajstić information content (AvgIpc) is 3.34. The highest BCUT2D eigenvalue weighted by Crippen LogP contribution is 2.50. The van der Waals surface area contributed by atoms with Crippen molar-refractivity contribution in [2.45, 2.75) is 0 Å². The molecular weight excluding hydrogens is 741 g/mol. The zero-order valence-electron chi connectivity index (χ0n) is 33.1. The molecule has 4 nitrogen and oxygen atoms in total. The number of rotatable bonds is 6. The number of nitrogens with zero attached hydrogens (tertiary/aromatic N) is 4. The number of benzene rings is 9. The summed E-state index contributed by atoms with van der Waals surface area (Å²) in [6.07, 6.45) is 5.95. The average molecular weight is 777 g/mol. The molecule has 12 rings (SSSR count). The normalized spacial score (nSPS) is 11.6. The summed E-state index contributed by atoms with van der Waals surface area (Å²) in [5.41, 5.74) is 12.7. The van der Waals surface area contributed by atoms with Gasteiger partial charge in [-0.15, -0.1) is 0 Å². The highest BCUT2D eigenvalue weighted by molar-refractivity contribution is 6.18. The Bertz CT molecular complexity index is 3300. The molecule has 0 N–H and O–H groups in total. The van der Waals surface area contributed by atoms with Gasteiger partial charge in [0.25, 0.3) is 0 Å². The third-order valence-corrected chi connectivity index (χ3v) is 12.2. The van der Waals surface area contributed by atoms with Gasteiger partial charge in [-0.2, -0.15) is 0 Å². The van der Waals surface area contributed by atoms with Crippen molar-refractivity contribution in [3.63, 3.8) is 0 Å². The lowest BCUT2D eigenvalue weighted by Gasteiger charge is -2.32. The van der Waals surface area contributed by atoms with Gasteiger partial charge in [0.2, 0.25) is 0 Å². The lowest BCUT2D eigenvalue weighted by Crippen LogP contribution is -2.14. The first kappa shape index (κ1) is 34.8. The molecule has 284 valence electrons. The molecule has 0 atom stereocenters. The van der Waals surface area contributed by atoms with E-state index in [-0.39, 0.29) is 0 Å². The lowest BCUT2D eigenvalue weighted by atomic mass is 9.91. The summed E-state index contributed by atoms with van der Waals surface area (Å²) in [6.45, 7) is 0. The zero-order valence-corrected chi connectivity index (χ0v) is 33.1. The van der Waals surface area contributed by atoms with E-state index in [0.717, 1.165) is 99.3 Å². The van der Waals surface area contributed by atoms with Crippen molar-refractivity contribution in [1.82, 2.24) is 15.0 Å². The lowest BCUT2D eigenvalue weighted by molar-refractivity contribution is 1.29. The second kappa shape index (κ2) is 14.3. The molecule has 0 aliphatic heterocycles. The number of pyridine rings is 3.